The summed E-state index contributed by atoms with van der Waals surface area (Å²) < 4.78 is 6.33. The predicted molar refractivity (Wildman–Crippen MR) is 111 cm³/mol. The molecule has 1 aliphatic heterocycles. The highest BCUT2D eigenvalue weighted by atomic mass is 32.2. The van der Waals surface area contributed by atoms with E-state index in [1.54, 1.807) is 34.4 Å². The molecule has 4 heterocycles. The lowest BCUT2D eigenvalue weighted by Gasteiger charge is -2.25. The molecular weight excluding hydrogens is 400 g/mol. The third-order valence-electron chi connectivity index (χ3n) is 4.89. The maximum absolute atomic E-state index is 6.30. The molecule has 0 unspecified atom stereocenters. The fourth-order valence-electron chi connectivity index (χ4n) is 3.57. The molecule has 1 saturated heterocycles. The van der Waals surface area contributed by atoms with Gasteiger partial charge in [0, 0.05) is 18.0 Å². The maximum Gasteiger partial charge on any atom is 0.209 e. The van der Waals surface area contributed by atoms with Gasteiger partial charge in [0.15, 0.2) is 4.34 Å². The summed E-state index contributed by atoms with van der Waals surface area (Å²) in [5, 5.41) is 10.7. The van der Waals surface area contributed by atoms with Crippen molar-refractivity contribution < 1.29 is 4.74 Å². The summed E-state index contributed by atoms with van der Waals surface area (Å²) in [7, 11) is 0. The van der Waals surface area contributed by atoms with Crippen LogP contribution < -0.4 is 10.6 Å². The molecule has 0 radical (unpaired) electrons. The average Bonchev–Trinajstić information content (AvgIpc) is 3.31. The second-order valence-corrected chi connectivity index (χ2v) is 9.92. The van der Waals surface area contributed by atoms with Gasteiger partial charge in [-0.3, -0.25) is 0 Å². The third kappa shape index (κ3) is 3.51. The van der Waals surface area contributed by atoms with E-state index in [1.807, 2.05) is 0 Å². The summed E-state index contributed by atoms with van der Waals surface area (Å²) in [6.45, 7) is 3.25. The zero-order chi connectivity index (χ0) is 18.2. The van der Waals surface area contributed by atoms with Crippen molar-refractivity contribution in [1.82, 2.24) is 20.2 Å². The monoisotopic (exact) mass is 420 g/mol. The SMILES string of the molecule is Nc1nc(CSc2nnc(N3CCOCC3)s2)nc2sc3c(c12)CCCC3. The molecule has 2 N–H and O–H groups in total. The number of hydrogen-bond donors (Lipinski definition) is 1. The summed E-state index contributed by atoms with van der Waals surface area (Å²) in [5.74, 6) is 2.05. The van der Waals surface area contributed by atoms with Crippen LogP contribution in [0.15, 0.2) is 4.34 Å². The van der Waals surface area contributed by atoms with Gasteiger partial charge in [-0.2, -0.15) is 0 Å². The Hall–Kier alpha value is -1.49. The van der Waals surface area contributed by atoms with Crippen LogP contribution in [0.3, 0.4) is 0 Å². The van der Waals surface area contributed by atoms with Crippen LogP contribution in [0, 0.1) is 0 Å². The second-order valence-electron chi connectivity index (χ2n) is 6.65. The van der Waals surface area contributed by atoms with Gasteiger partial charge in [-0.15, -0.1) is 21.5 Å². The number of aryl methyl sites for hydroxylation is 2. The number of hydrogen-bond acceptors (Lipinski definition) is 10. The van der Waals surface area contributed by atoms with E-state index in [2.05, 4.69) is 20.1 Å². The molecule has 1 aliphatic carbocycles. The number of fused-ring (bicyclic) bond motifs is 3. The molecule has 10 heteroatoms. The van der Waals surface area contributed by atoms with E-state index >= 15 is 0 Å². The number of thioether (sulfide) groups is 1. The van der Waals surface area contributed by atoms with Gasteiger partial charge in [0.2, 0.25) is 5.13 Å². The minimum atomic E-state index is 0.626. The van der Waals surface area contributed by atoms with Crippen molar-refractivity contribution in [3.05, 3.63) is 16.3 Å². The zero-order valence-electron chi connectivity index (χ0n) is 14.8. The molecule has 0 aromatic carbocycles. The quantitative estimate of drug-likeness (QED) is 0.644. The number of anilines is 2. The summed E-state index contributed by atoms with van der Waals surface area (Å²) >= 11 is 5.03. The van der Waals surface area contributed by atoms with Crippen molar-refractivity contribution in [2.45, 2.75) is 35.8 Å². The van der Waals surface area contributed by atoms with Gasteiger partial charge in [-0.1, -0.05) is 23.1 Å². The lowest BCUT2D eigenvalue weighted by Crippen LogP contribution is -2.36. The molecule has 0 saturated carbocycles. The molecule has 142 valence electrons. The highest BCUT2D eigenvalue weighted by Crippen LogP contribution is 2.38. The molecule has 1 fully saturated rings. The molecule has 3 aromatic heterocycles. The van der Waals surface area contributed by atoms with Crippen LogP contribution in [-0.2, 0) is 23.3 Å². The van der Waals surface area contributed by atoms with Crippen molar-refractivity contribution in [3.8, 4) is 0 Å². The normalized spacial score (nSPS) is 17.4. The number of ether oxygens (including phenoxy) is 1. The number of nitrogens with zero attached hydrogens (tertiary/aromatic N) is 5. The Kier molecular flexibility index (Phi) is 4.89. The number of nitrogens with two attached hydrogens (primary N) is 1. The highest BCUT2D eigenvalue weighted by molar-refractivity contribution is 8.00. The van der Waals surface area contributed by atoms with Gasteiger partial charge in [-0.05, 0) is 31.2 Å². The van der Waals surface area contributed by atoms with Gasteiger partial charge in [-0.25, -0.2) is 9.97 Å². The van der Waals surface area contributed by atoms with E-state index in [4.69, 9.17) is 15.5 Å². The van der Waals surface area contributed by atoms with Crippen LogP contribution in [-0.4, -0.2) is 46.5 Å². The number of nitrogen functional groups attached to an aromatic ring is 1. The maximum atomic E-state index is 6.30. The van der Waals surface area contributed by atoms with Crippen molar-refractivity contribution in [3.63, 3.8) is 0 Å². The fraction of sp³-hybridized carbons (Fsp3) is 0.529. The van der Waals surface area contributed by atoms with Crippen molar-refractivity contribution in [2.75, 3.05) is 36.9 Å². The van der Waals surface area contributed by atoms with E-state index in [9.17, 15) is 0 Å². The molecule has 2 aliphatic rings. The highest BCUT2D eigenvalue weighted by Gasteiger charge is 2.20. The Morgan fingerprint density at radius 1 is 1.07 bits per heavy atom. The Morgan fingerprint density at radius 3 is 2.81 bits per heavy atom. The predicted octanol–water partition coefficient (Wildman–Crippen LogP) is 3.13. The van der Waals surface area contributed by atoms with E-state index < -0.39 is 0 Å². The summed E-state index contributed by atoms with van der Waals surface area (Å²) in [6, 6.07) is 0. The van der Waals surface area contributed by atoms with Gasteiger partial charge >= 0.3 is 0 Å². The number of aromatic nitrogens is 4. The molecule has 5 rings (SSSR count). The van der Waals surface area contributed by atoms with Gasteiger partial charge < -0.3 is 15.4 Å². The third-order valence-corrected chi connectivity index (χ3v) is 8.19. The first-order chi connectivity index (χ1) is 13.3. The van der Waals surface area contributed by atoms with E-state index in [0.717, 1.165) is 64.7 Å². The molecule has 0 spiro atoms. The summed E-state index contributed by atoms with van der Waals surface area (Å²) in [4.78, 5) is 14.1. The summed E-state index contributed by atoms with van der Waals surface area (Å²) in [5.41, 5.74) is 7.68. The molecule has 3 aromatic rings. The van der Waals surface area contributed by atoms with Crippen molar-refractivity contribution in [1.29, 1.82) is 0 Å². The molecular formula is C17H20N6OS3. The minimum absolute atomic E-state index is 0.626. The smallest absolute Gasteiger partial charge is 0.209 e. The number of morpholine rings is 1. The van der Waals surface area contributed by atoms with Gasteiger partial charge in [0.25, 0.3) is 0 Å². The van der Waals surface area contributed by atoms with Gasteiger partial charge in [0.05, 0.1) is 24.4 Å². The molecule has 0 amide bonds. The Bertz CT molecular complexity index is 965. The van der Waals surface area contributed by atoms with Crippen LogP contribution in [0.1, 0.15) is 29.1 Å². The Labute approximate surface area is 169 Å². The molecule has 0 atom stereocenters. The Morgan fingerprint density at radius 2 is 1.93 bits per heavy atom. The van der Waals surface area contributed by atoms with Crippen molar-refractivity contribution >= 4 is 55.6 Å². The van der Waals surface area contributed by atoms with E-state index in [1.165, 1.54) is 23.3 Å². The molecule has 7 nitrogen and oxygen atoms in total. The molecule has 0 bridgehead atoms. The first-order valence-corrected chi connectivity index (χ1v) is 11.8. The minimum Gasteiger partial charge on any atom is -0.383 e. The van der Waals surface area contributed by atoms with E-state index in [0.29, 0.717) is 11.6 Å². The van der Waals surface area contributed by atoms with Crippen LogP contribution in [0.25, 0.3) is 10.2 Å². The summed E-state index contributed by atoms with van der Waals surface area (Å²) in [6.07, 6.45) is 4.75. The van der Waals surface area contributed by atoms with Gasteiger partial charge in [0.1, 0.15) is 16.5 Å². The van der Waals surface area contributed by atoms with E-state index in [-0.39, 0.29) is 0 Å². The average molecular weight is 421 g/mol. The first-order valence-electron chi connectivity index (χ1n) is 9.13. The van der Waals surface area contributed by atoms with Crippen LogP contribution in [0.5, 0.6) is 0 Å². The molecule has 27 heavy (non-hydrogen) atoms. The van der Waals surface area contributed by atoms with Crippen LogP contribution in [0.2, 0.25) is 0 Å². The standard InChI is InChI=1S/C17H20N6OS3/c18-14-13-10-3-1-2-4-11(10)26-15(13)20-12(19-14)9-25-17-22-21-16(27-17)23-5-7-24-8-6-23/h1-9H2,(H2,18,19,20). The first kappa shape index (κ1) is 17.6. The topological polar surface area (TPSA) is 90.0 Å². The van der Waals surface area contributed by atoms with Crippen LogP contribution in [0.4, 0.5) is 10.9 Å². The largest absolute Gasteiger partial charge is 0.383 e. The van der Waals surface area contributed by atoms with Crippen LogP contribution >= 0.6 is 34.4 Å². The van der Waals surface area contributed by atoms with Crippen molar-refractivity contribution in [2.24, 2.45) is 0 Å². The Balaban J connectivity index is 1.32. The number of thiophene rings is 1. The fourth-order valence-corrected chi connectivity index (χ4v) is 6.60. The lowest BCUT2D eigenvalue weighted by atomic mass is 9.97. The lowest BCUT2D eigenvalue weighted by molar-refractivity contribution is 0.122. The zero-order valence-corrected chi connectivity index (χ0v) is 17.3. The second kappa shape index (κ2) is 7.50. The number of rotatable bonds is 4.